The van der Waals surface area contributed by atoms with Crippen LogP contribution in [0.2, 0.25) is 5.02 Å². The van der Waals surface area contributed by atoms with Crippen LogP contribution in [-0.2, 0) is 12.3 Å². The van der Waals surface area contributed by atoms with Crippen molar-refractivity contribution in [2.75, 3.05) is 0 Å². The normalized spacial score (nSPS) is 11.1. The summed E-state index contributed by atoms with van der Waals surface area (Å²) in [5, 5.41) is 1.59. The van der Waals surface area contributed by atoms with Crippen LogP contribution in [0.3, 0.4) is 0 Å². The van der Waals surface area contributed by atoms with Crippen molar-refractivity contribution in [2.24, 2.45) is 0 Å². The first kappa shape index (κ1) is 19.6. The quantitative estimate of drug-likeness (QED) is 0.303. The molecule has 3 aromatic carbocycles. The Hall–Kier alpha value is -2.70. The van der Waals surface area contributed by atoms with Gasteiger partial charge in [0, 0.05) is 16.8 Å². The standard InChI is InChI=1S/C22H15ClF2N2OS/c23-16-8-5-14(6-9-16)12-27-21(28)18-3-1-2-4-20(18)26-22(27)29-13-15-7-10-17(24)11-19(15)25/h1-11H,12-13H2. The number of nitrogens with zero attached hydrogens (tertiary/aromatic N) is 2. The summed E-state index contributed by atoms with van der Waals surface area (Å²) in [6, 6.07) is 17.8. The molecule has 0 amide bonds. The number of hydrogen-bond donors (Lipinski definition) is 0. The zero-order valence-corrected chi connectivity index (χ0v) is 16.7. The van der Waals surface area contributed by atoms with Crippen LogP contribution in [0.1, 0.15) is 11.1 Å². The Bertz CT molecular complexity index is 1240. The van der Waals surface area contributed by atoms with Crippen molar-refractivity contribution in [1.82, 2.24) is 9.55 Å². The van der Waals surface area contributed by atoms with E-state index in [4.69, 9.17) is 11.6 Å². The predicted octanol–water partition coefficient (Wildman–Crippen LogP) is 5.67. The molecule has 4 rings (SSSR count). The number of benzene rings is 3. The minimum Gasteiger partial charge on any atom is -0.283 e. The number of rotatable bonds is 5. The van der Waals surface area contributed by atoms with E-state index in [2.05, 4.69) is 4.98 Å². The van der Waals surface area contributed by atoms with Gasteiger partial charge in [-0.2, -0.15) is 0 Å². The summed E-state index contributed by atoms with van der Waals surface area (Å²) in [7, 11) is 0. The molecule has 0 radical (unpaired) electrons. The third kappa shape index (κ3) is 4.33. The summed E-state index contributed by atoms with van der Waals surface area (Å²) in [6.45, 7) is 0.308. The van der Waals surface area contributed by atoms with E-state index in [9.17, 15) is 13.6 Å². The first-order chi connectivity index (χ1) is 14.0. The molecule has 0 fully saturated rings. The van der Waals surface area contributed by atoms with Gasteiger partial charge in [-0.1, -0.05) is 53.7 Å². The minimum atomic E-state index is -0.625. The fourth-order valence-electron chi connectivity index (χ4n) is 2.95. The van der Waals surface area contributed by atoms with Crippen molar-refractivity contribution in [2.45, 2.75) is 17.5 Å². The SMILES string of the molecule is O=c1c2ccccc2nc(SCc2ccc(F)cc2F)n1Cc1ccc(Cl)cc1. The molecule has 146 valence electrons. The number of aromatic nitrogens is 2. The lowest BCUT2D eigenvalue weighted by Crippen LogP contribution is -2.24. The zero-order chi connectivity index (χ0) is 20.4. The van der Waals surface area contributed by atoms with Gasteiger partial charge in [0.25, 0.3) is 5.56 Å². The smallest absolute Gasteiger partial charge is 0.262 e. The summed E-state index contributed by atoms with van der Waals surface area (Å²) in [6.07, 6.45) is 0. The molecule has 29 heavy (non-hydrogen) atoms. The van der Waals surface area contributed by atoms with Crippen LogP contribution in [0, 0.1) is 11.6 Å². The van der Waals surface area contributed by atoms with Gasteiger partial charge in [-0.3, -0.25) is 9.36 Å². The van der Waals surface area contributed by atoms with Crippen LogP contribution in [0.25, 0.3) is 10.9 Å². The average Bonchev–Trinajstić information content (AvgIpc) is 2.71. The molecule has 0 aliphatic carbocycles. The molecular weight excluding hydrogens is 414 g/mol. The van der Waals surface area contributed by atoms with Crippen molar-refractivity contribution >= 4 is 34.3 Å². The first-order valence-corrected chi connectivity index (χ1v) is 10.2. The maximum atomic E-state index is 14.0. The molecule has 0 spiro atoms. The van der Waals surface area contributed by atoms with Gasteiger partial charge in [0.05, 0.1) is 17.4 Å². The fraction of sp³-hybridized carbons (Fsp3) is 0.0909. The van der Waals surface area contributed by atoms with Crippen molar-refractivity contribution in [1.29, 1.82) is 0 Å². The third-order valence-electron chi connectivity index (χ3n) is 4.45. The monoisotopic (exact) mass is 428 g/mol. The highest BCUT2D eigenvalue weighted by atomic mass is 35.5. The lowest BCUT2D eigenvalue weighted by molar-refractivity contribution is 0.576. The highest BCUT2D eigenvalue weighted by Crippen LogP contribution is 2.24. The molecule has 1 aromatic heterocycles. The lowest BCUT2D eigenvalue weighted by Gasteiger charge is -2.13. The van der Waals surface area contributed by atoms with Gasteiger partial charge in [-0.05, 0) is 41.5 Å². The molecule has 0 saturated carbocycles. The number of fused-ring (bicyclic) bond motifs is 1. The summed E-state index contributed by atoms with van der Waals surface area (Å²) in [5.74, 6) is -1.03. The molecule has 7 heteroatoms. The van der Waals surface area contributed by atoms with Gasteiger partial charge < -0.3 is 0 Å². The summed E-state index contributed by atoms with van der Waals surface area (Å²) in [5.41, 5.74) is 1.64. The first-order valence-electron chi connectivity index (χ1n) is 8.82. The maximum Gasteiger partial charge on any atom is 0.262 e. The van der Waals surface area contributed by atoms with Crippen LogP contribution in [-0.4, -0.2) is 9.55 Å². The highest BCUT2D eigenvalue weighted by Gasteiger charge is 2.13. The van der Waals surface area contributed by atoms with Gasteiger partial charge in [-0.25, -0.2) is 13.8 Å². The van der Waals surface area contributed by atoms with Crippen LogP contribution in [0.5, 0.6) is 0 Å². The molecule has 0 aliphatic heterocycles. The second kappa shape index (κ2) is 8.35. The Morgan fingerprint density at radius 2 is 1.76 bits per heavy atom. The molecule has 0 bridgehead atoms. The van der Waals surface area contributed by atoms with Crippen LogP contribution in [0.15, 0.2) is 76.7 Å². The summed E-state index contributed by atoms with van der Waals surface area (Å²) in [4.78, 5) is 17.7. The molecule has 0 saturated heterocycles. The molecule has 0 unspecified atom stereocenters. The van der Waals surface area contributed by atoms with E-state index < -0.39 is 11.6 Å². The van der Waals surface area contributed by atoms with E-state index in [1.165, 1.54) is 23.9 Å². The van der Waals surface area contributed by atoms with Crippen LogP contribution in [0.4, 0.5) is 8.78 Å². The average molecular weight is 429 g/mol. The number of para-hydroxylation sites is 1. The van der Waals surface area contributed by atoms with E-state index in [1.807, 2.05) is 18.2 Å². The largest absolute Gasteiger partial charge is 0.283 e. The van der Waals surface area contributed by atoms with E-state index in [-0.39, 0.29) is 11.3 Å². The number of thioether (sulfide) groups is 1. The Kier molecular flexibility index (Phi) is 5.65. The molecule has 1 heterocycles. The fourth-order valence-corrected chi connectivity index (χ4v) is 4.06. The van der Waals surface area contributed by atoms with E-state index in [0.29, 0.717) is 33.2 Å². The molecule has 4 aromatic rings. The summed E-state index contributed by atoms with van der Waals surface area (Å²) >= 11 is 7.19. The van der Waals surface area contributed by atoms with Crippen molar-refractivity contribution in [3.8, 4) is 0 Å². The van der Waals surface area contributed by atoms with E-state index in [0.717, 1.165) is 11.6 Å². The van der Waals surface area contributed by atoms with E-state index in [1.54, 1.807) is 34.9 Å². The topological polar surface area (TPSA) is 34.9 Å². The van der Waals surface area contributed by atoms with Gasteiger partial charge in [0.1, 0.15) is 11.6 Å². The Morgan fingerprint density at radius 3 is 2.52 bits per heavy atom. The van der Waals surface area contributed by atoms with E-state index >= 15 is 0 Å². The summed E-state index contributed by atoms with van der Waals surface area (Å²) < 4.78 is 28.7. The van der Waals surface area contributed by atoms with Crippen molar-refractivity contribution in [3.63, 3.8) is 0 Å². The van der Waals surface area contributed by atoms with Gasteiger partial charge in [-0.15, -0.1) is 0 Å². The van der Waals surface area contributed by atoms with Gasteiger partial charge in [0.2, 0.25) is 0 Å². The molecular formula is C22H15ClF2N2OS. The Labute approximate surface area is 175 Å². The van der Waals surface area contributed by atoms with Crippen molar-refractivity contribution < 1.29 is 8.78 Å². The molecule has 3 nitrogen and oxygen atoms in total. The lowest BCUT2D eigenvalue weighted by atomic mass is 10.2. The van der Waals surface area contributed by atoms with Crippen LogP contribution >= 0.6 is 23.4 Å². The Balaban J connectivity index is 1.74. The number of halogens is 3. The van der Waals surface area contributed by atoms with Gasteiger partial charge >= 0.3 is 0 Å². The Morgan fingerprint density at radius 1 is 1.00 bits per heavy atom. The predicted molar refractivity (Wildman–Crippen MR) is 112 cm³/mol. The molecule has 0 atom stereocenters. The second-order valence-electron chi connectivity index (χ2n) is 6.45. The van der Waals surface area contributed by atoms with Crippen molar-refractivity contribution in [3.05, 3.63) is 105 Å². The maximum absolute atomic E-state index is 14.0. The highest BCUT2D eigenvalue weighted by molar-refractivity contribution is 7.98. The van der Waals surface area contributed by atoms with Crippen LogP contribution < -0.4 is 5.56 Å². The van der Waals surface area contributed by atoms with Gasteiger partial charge in [0.15, 0.2) is 5.16 Å². The zero-order valence-electron chi connectivity index (χ0n) is 15.1. The molecule has 0 aliphatic rings. The second-order valence-corrected chi connectivity index (χ2v) is 7.83. The minimum absolute atomic E-state index is 0.173. The third-order valence-corrected chi connectivity index (χ3v) is 5.73. The molecule has 0 N–H and O–H groups in total. The number of hydrogen-bond acceptors (Lipinski definition) is 3.